The molecule has 3 heteroatoms. The second-order valence-electron chi connectivity index (χ2n) is 6.07. The van der Waals surface area contributed by atoms with Gasteiger partial charge in [-0.15, -0.1) is 0 Å². The molecule has 0 radical (unpaired) electrons. The SMILES string of the molecule is Cc1ccc(C2=C(c3ccc(Cl)cc3)N(c3ccccc3)[C]2=[W])cc1. The Labute approximate surface area is 164 Å². The van der Waals surface area contributed by atoms with Crippen molar-refractivity contribution in [3.63, 3.8) is 0 Å². The van der Waals surface area contributed by atoms with E-state index in [9.17, 15) is 0 Å². The molecule has 1 aliphatic rings. The molecule has 0 aliphatic carbocycles. The molecule has 3 aromatic carbocycles. The maximum absolute atomic E-state index is 6.10. The van der Waals surface area contributed by atoms with Gasteiger partial charge in [-0.3, -0.25) is 0 Å². The predicted molar refractivity (Wildman–Crippen MR) is 103 cm³/mol. The summed E-state index contributed by atoms with van der Waals surface area (Å²) in [6, 6.07) is 27.4. The average molecular weight is 514 g/mol. The van der Waals surface area contributed by atoms with Crippen LogP contribution in [0.3, 0.4) is 0 Å². The van der Waals surface area contributed by atoms with Gasteiger partial charge in [0.05, 0.1) is 0 Å². The van der Waals surface area contributed by atoms with Crippen molar-refractivity contribution in [1.82, 2.24) is 0 Å². The fourth-order valence-electron chi connectivity index (χ4n) is 3.06. The van der Waals surface area contributed by atoms with Crippen molar-refractivity contribution >= 4 is 32.6 Å². The summed E-state index contributed by atoms with van der Waals surface area (Å²) in [6.07, 6.45) is 0. The monoisotopic (exact) mass is 513 g/mol. The van der Waals surface area contributed by atoms with Crippen LogP contribution < -0.4 is 4.90 Å². The third-order valence-electron chi connectivity index (χ3n) is 4.35. The molecule has 0 fully saturated rings. The number of aryl methyl sites for hydroxylation is 1. The molecule has 4 rings (SSSR count). The van der Waals surface area contributed by atoms with E-state index in [1.54, 1.807) is 0 Å². The van der Waals surface area contributed by atoms with E-state index < -0.39 is 0 Å². The predicted octanol–water partition coefficient (Wildman–Crippen LogP) is 5.71. The van der Waals surface area contributed by atoms with Crippen molar-refractivity contribution < 1.29 is 19.4 Å². The summed E-state index contributed by atoms with van der Waals surface area (Å²) < 4.78 is 1.35. The van der Waals surface area contributed by atoms with Crippen molar-refractivity contribution in [2.45, 2.75) is 6.92 Å². The Morgan fingerprint density at radius 3 is 2.00 bits per heavy atom. The molecule has 1 nitrogen and oxygen atoms in total. The first kappa shape index (κ1) is 16.5. The van der Waals surface area contributed by atoms with Crippen LogP contribution in [0.5, 0.6) is 0 Å². The van der Waals surface area contributed by atoms with Crippen molar-refractivity contribution in [3.8, 4) is 0 Å². The Morgan fingerprint density at radius 1 is 0.760 bits per heavy atom. The van der Waals surface area contributed by atoms with Gasteiger partial charge in [-0.1, -0.05) is 0 Å². The third-order valence-corrected chi connectivity index (χ3v) is 5.99. The van der Waals surface area contributed by atoms with Crippen LogP contribution >= 0.6 is 11.6 Å². The Hall–Kier alpha value is -1.95. The van der Waals surface area contributed by atoms with Crippen LogP contribution in [0.4, 0.5) is 5.69 Å². The number of benzene rings is 3. The van der Waals surface area contributed by atoms with Crippen molar-refractivity contribution in [2.75, 3.05) is 4.90 Å². The minimum atomic E-state index is 0.762. The Balaban J connectivity index is 1.89. The molecule has 0 spiro atoms. The number of halogens is 1. The molecule has 0 saturated heterocycles. The maximum atomic E-state index is 6.10. The Morgan fingerprint density at radius 2 is 1.36 bits per heavy atom. The van der Waals surface area contributed by atoms with E-state index >= 15 is 0 Å². The molecule has 0 saturated carbocycles. The summed E-state index contributed by atoms with van der Waals surface area (Å²) in [4.78, 5) is 2.35. The van der Waals surface area contributed by atoms with Crippen LogP contribution in [0.1, 0.15) is 16.7 Å². The summed E-state index contributed by atoms with van der Waals surface area (Å²) in [5.74, 6) is 0. The molecule has 0 unspecified atom stereocenters. The first-order chi connectivity index (χ1) is 12.1. The minimum absolute atomic E-state index is 0.762. The van der Waals surface area contributed by atoms with E-state index in [1.165, 1.54) is 57.0 Å². The van der Waals surface area contributed by atoms with E-state index in [4.69, 9.17) is 11.6 Å². The van der Waals surface area contributed by atoms with Gasteiger partial charge in [0, 0.05) is 0 Å². The first-order valence-electron chi connectivity index (χ1n) is 8.12. The first-order valence-corrected chi connectivity index (χ1v) is 9.96. The van der Waals surface area contributed by atoms with E-state index in [2.05, 4.69) is 78.6 Å². The van der Waals surface area contributed by atoms with Crippen molar-refractivity contribution in [1.29, 1.82) is 0 Å². The summed E-state index contributed by atoms with van der Waals surface area (Å²) in [6.45, 7) is 2.12. The normalized spacial score (nSPS) is 13.8. The molecule has 25 heavy (non-hydrogen) atoms. The van der Waals surface area contributed by atoms with E-state index in [0.717, 1.165) is 5.02 Å². The van der Waals surface area contributed by atoms with Gasteiger partial charge in [-0.25, -0.2) is 0 Å². The van der Waals surface area contributed by atoms with E-state index in [0.29, 0.717) is 0 Å². The van der Waals surface area contributed by atoms with Crippen LogP contribution in [0, 0.1) is 6.92 Å². The number of para-hydroxylation sites is 1. The number of nitrogens with zero attached hydrogens (tertiary/aromatic N) is 1. The Kier molecular flexibility index (Phi) is 4.46. The van der Waals surface area contributed by atoms with Gasteiger partial charge >= 0.3 is 164 Å². The summed E-state index contributed by atoms with van der Waals surface area (Å²) in [5.41, 5.74) is 7.52. The van der Waals surface area contributed by atoms with Gasteiger partial charge in [0.2, 0.25) is 0 Å². The molecule has 0 N–H and O–H groups in total. The second kappa shape index (κ2) is 6.75. The fourth-order valence-corrected chi connectivity index (χ4v) is 4.66. The van der Waals surface area contributed by atoms with Crippen molar-refractivity contribution in [3.05, 3.63) is 101 Å². The van der Waals surface area contributed by atoms with E-state index in [1.807, 2.05) is 12.1 Å². The molecule has 3 aromatic rings. The number of hydrogen-bond donors (Lipinski definition) is 0. The van der Waals surface area contributed by atoms with Gasteiger partial charge in [-0.05, 0) is 0 Å². The second-order valence-corrected chi connectivity index (χ2v) is 7.90. The van der Waals surface area contributed by atoms with Gasteiger partial charge in [0.1, 0.15) is 0 Å². The molecule has 0 atom stereocenters. The van der Waals surface area contributed by atoms with Gasteiger partial charge < -0.3 is 0 Å². The van der Waals surface area contributed by atoms with Crippen LogP contribution in [-0.2, 0) is 19.4 Å². The summed E-state index contributed by atoms with van der Waals surface area (Å²) in [5, 5.41) is 0.762. The Bertz CT molecular complexity index is 957. The van der Waals surface area contributed by atoms with Crippen LogP contribution in [-0.4, -0.2) is 4.02 Å². The molecule has 0 aromatic heterocycles. The average Bonchev–Trinajstić information content (AvgIpc) is 2.63. The van der Waals surface area contributed by atoms with Crippen LogP contribution in [0.25, 0.3) is 11.3 Å². The third kappa shape index (κ3) is 3.03. The molecule has 122 valence electrons. The molecule has 0 amide bonds. The fraction of sp³-hybridized carbons (Fsp3) is 0.0455. The summed E-state index contributed by atoms with van der Waals surface area (Å²) in [7, 11) is 0. The molecular weight excluding hydrogens is 498 g/mol. The van der Waals surface area contributed by atoms with Gasteiger partial charge in [-0.2, -0.15) is 0 Å². The molecular formula is C22H16ClNW. The quantitative estimate of drug-likeness (QED) is 0.434. The number of hydrogen-bond acceptors (Lipinski definition) is 1. The summed E-state index contributed by atoms with van der Waals surface area (Å²) >= 11 is 7.56. The zero-order valence-corrected chi connectivity index (χ0v) is 17.4. The molecule has 1 heterocycles. The number of anilines is 1. The van der Waals surface area contributed by atoms with Crippen molar-refractivity contribution in [2.24, 2.45) is 0 Å². The zero-order chi connectivity index (χ0) is 17.4. The standard InChI is InChI=1S/C22H16ClN.W/c1-16-7-9-17(10-8-16)21-15-24(20-5-3-2-4-6-20)22(21)18-11-13-19(23)14-12-18;/h2-14H,1H3;. The number of rotatable bonds is 3. The van der Waals surface area contributed by atoms with Gasteiger partial charge in [0.15, 0.2) is 0 Å². The van der Waals surface area contributed by atoms with E-state index in [-0.39, 0.29) is 0 Å². The van der Waals surface area contributed by atoms with Crippen LogP contribution in [0.15, 0.2) is 78.9 Å². The zero-order valence-electron chi connectivity index (χ0n) is 13.7. The van der Waals surface area contributed by atoms with Crippen LogP contribution in [0.2, 0.25) is 5.02 Å². The topological polar surface area (TPSA) is 3.24 Å². The van der Waals surface area contributed by atoms with Gasteiger partial charge in [0.25, 0.3) is 0 Å². The molecule has 0 bridgehead atoms. The molecule has 1 aliphatic heterocycles.